The van der Waals surface area contributed by atoms with Crippen LogP contribution in [0.4, 0.5) is 0 Å². The van der Waals surface area contributed by atoms with Gasteiger partial charge in [0.25, 0.3) is 0 Å². The van der Waals surface area contributed by atoms with Crippen molar-refractivity contribution in [1.29, 1.82) is 0 Å². The van der Waals surface area contributed by atoms with E-state index in [0.717, 1.165) is 17.9 Å². The highest BCUT2D eigenvalue weighted by molar-refractivity contribution is 6.74. The standard InChI is InChI=1S/C29H48O2Si/c1-8-12-13-14-15-16-23-20-26-28(27(21-23)31-32(9-2,10-3)11-4)24-19-22(5)17-18-25(24)29(6,7)30-26/h19-21,24-25H,8-18H2,1-7H3/t24-,25-/m0/s1. The molecule has 0 bridgehead atoms. The highest BCUT2D eigenvalue weighted by Gasteiger charge is 2.46. The van der Waals surface area contributed by atoms with Crippen LogP contribution in [-0.4, -0.2) is 13.9 Å². The van der Waals surface area contributed by atoms with Gasteiger partial charge in [-0.25, -0.2) is 0 Å². The summed E-state index contributed by atoms with van der Waals surface area (Å²) in [5.74, 6) is 3.17. The third-order valence-corrected chi connectivity index (χ3v) is 12.9. The zero-order valence-electron chi connectivity index (χ0n) is 22.0. The number of ether oxygens (including phenoxy) is 1. The molecule has 1 aromatic rings. The van der Waals surface area contributed by atoms with E-state index in [1.807, 2.05) is 0 Å². The molecule has 0 saturated carbocycles. The van der Waals surface area contributed by atoms with Gasteiger partial charge in [0.05, 0.1) is 0 Å². The maximum absolute atomic E-state index is 7.12. The molecular weight excluding hydrogens is 408 g/mol. The van der Waals surface area contributed by atoms with Crippen molar-refractivity contribution in [3.8, 4) is 11.5 Å². The summed E-state index contributed by atoms with van der Waals surface area (Å²) in [6.07, 6.45) is 12.6. The van der Waals surface area contributed by atoms with Gasteiger partial charge in [0.1, 0.15) is 17.1 Å². The van der Waals surface area contributed by atoms with Gasteiger partial charge >= 0.3 is 0 Å². The third kappa shape index (κ3) is 5.46. The third-order valence-electron chi connectivity index (χ3n) is 8.34. The van der Waals surface area contributed by atoms with E-state index >= 15 is 0 Å². The number of benzene rings is 1. The second-order valence-electron chi connectivity index (χ2n) is 10.9. The Morgan fingerprint density at radius 2 is 1.69 bits per heavy atom. The second-order valence-corrected chi connectivity index (χ2v) is 15.6. The van der Waals surface area contributed by atoms with Gasteiger partial charge in [0.15, 0.2) is 0 Å². The first kappa shape index (κ1) is 25.4. The van der Waals surface area contributed by atoms with Gasteiger partial charge in [-0.05, 0) is 82.3 Å². The maximum Gasteiger partial charge on any atom is 0.250 e. The lowest BCUT2D eigenvalue weighted by molar-refractivity contribution is 0.0110. The topological polar surface area (TPSA) is 18.5 Å². The number of fused-ring (bicyclic) bond motifs is 3. The van der Waals surface area contributed by atoms with Crippen LogP contribution in [0.2, 0.25) is 18.1 Å². The van der Waals surface area contributed by atoms with Gasteiger partial charge in [-0.15, -0.1) is 0 Å². The lowest BCUT2D eigenvalue weighted by Gasteiger charge is -2.47. The van der Waals surface area contributed by atoms with Crippen LogP contribution in [0.1, 0.15) is 110 Å². The monoisotopic (exact) mass is 456 g/mol. The summed E-state index contributed by atoms with van der Waals surface area (Å²) >= 11 is 0. The van der Waals surface area contributed by atoms with E-state index in [1.54, 1.807) is 0 Å². The van der Waals surface area contributed by atoms with Crippen molar-refractivity contribution >= 4 is 8.32 Å². The van der Waals surface area contributed by atoms with Crippen LogP contribution >= 0.6 is 0 Å². The Morgan fingerprint density at radius 3 is 2.34 bits per heavy atom. The van der Waals surface area contributed by atoms with E-state index in [4.69, 9.17) is 9.16 Å². The Labute approximate surface area is 199 Å². The molecule has 0 N–H and O–H groups in total. The molecule has 1 heterocycles. The summed E-state index contributed by atoms with van der Waals surface area (Å²) in [4.78, 5) is 0. The molecular formula is C29H48O2Si. The largest absolute Gasteiger partial charge is 0.543 e. The molecule has 32 heavy (non-hydrogen) atoms. The van der Waals surface area contributed by atoms with Crippen LogP contribution in [-0.2, 0) is 6.42 Å². The number of rotatable bonds is 11. The summed E-state index contributed by atoms with van der Waals surface area (Å²) in [5, 5.41) is 0. The van der Waals surface area contributed by atoms with Gasteiger partial charge in [0, 0.05) is 17.4 Å². The van der Waals surface area contributed by atoms with Gasteiger partial charge in [-0.2, -0.15) is 0 Å². The fraction of sp³-hybridized carbons (Fsp3) is 0.724. The van der Waals surface area contributed by atoms with Crippen LogP contribution < -0.4 is 9.16 Å². The van der Waals surface area contributed by atoms with Crippen molar-refractivity contribution < 1.29 is 9.16 Å². The summed E-state index contributed by atoms with van der Waals surface area (Å²) in [7, 11) is -1.77. The van der Waals surface area contributed by atoms with E-state index in [0.29, 0.717) is 11.8 Å². The predicted octanol–water partition coefficient (Wildman–Crippen LogP) is 9.19. The van der Waals surface area contributed by atoms with Crippen molar-refractivity contribution in [2.24, 2.45) is 5.92 Å². The minimum Gasteiger partial charge on any atom is -0.543 e. The minimum atomic E-state index is -1.77. The first-order valence-electron chi connectivity index (χ1n) is 13.5. The van der Waals surface area contributed by atoms with Crippen LogP contribution in [0.15, 0.2) is 23.8 Å². The molecule has 3 heteroatoms. The molecule has 0 spiro atoms. The molecule has 0 aromatic heterocycles. The number of unbranched alkanes of at least 4 members (excludes halogenated alkanes) is 4. The SMILES string of the molecule is CCCCCCCc1cc2c(c(O[Si](CC)(CC)CC)c1)[C@H]1C=C(C)CC[C@@H]1C(C)(C)O2. The second kappa shape index (κ2) is 10.8. The van der Waals surface area contributed by atoms with Crippen LogP contribution in [0.3, 0.4) is 0 Å². The maximum atomic E-state index is 7.12. The van der Waals surface area contributed by atoms with E-state index < -0.39 is 8.32 Å². The van der Waals surface area contributed by atoms with Crippen molar-refractivity contribution in [1.82, 2.24) is 0 Å². The molecule has 2 atom stereocenters. The highest BCUT2D eigenvalue weighted by atomic mass is 28.4. The Bertz CT molecular complexity index is 782. The molecule has 3 rings (SSSR count). The van der Waals surface area contributed by atoms with Crippen molar-refractivity contribution in [2.75, 3.05) is 0 Å². The van der Waals surface area contributed by atoms with Crippen LogP contribution in [0.5, 0.6) is 11.5 Å². The molecule has 0 fully saturated rings. The van der Waals surface area contributed by atoms with Crippen molar-refractivity contribution in [3.05, 3.63) is 34.9 Å². The lowest BCUT2D eigenvalue weighted by Crippen LogP contribution is -2.46. The molecule has 1 aliphatic carbocycles. The molecule has 1 aromatic carbocycles. The van der Waals surface area contributed by atoms with E-state index in [2.05, 4.69) is 66.7 Å². The fourth-order valence-corrected chi connectivity index (χ4v) is 8.49. The molecule has 0 unspecified atom stereocenters. The zero-order chi connectivity index (χ0) is 23.4. The average Bonchev–Trinajstić information content (AvgIpc) is 2.76. The first-order valence-corrected chi connectivity index (χ1v) is 16.0. The molecule has 0 saturated heterocycles. The normalized spacial score (nSPS) is 21.9. The van der Waals surface area contributed by atoms with E-state index in [1.165, 1.54) is 79.8 Å². The number of hydrogen-bond acceptors (Lipinski definition) is 2. The van der Waals surface area contributed by atoms with Gasteiger partial charge in [0.2, 0.25) is 8.32 Å². The van der Waals surface area contributed by atoms with Crippen LogP contribution in [0, 0.1) is 5.92 Å². The Kier molecular flexibility index (Phi) is 8.57. The molecule has 0 radical (unpaired) electrons. The van der Waals surface area contributed by atoms with Gasteiger partial charge in [-0.3, -0.25) is 0 Å². The predicted molar refractivity (Wildman–Crippen MR) is 141 cm³/mol. The first-order chi connectivity index (χ1) is 15.3. The van der Waals surface area contributed by atoms with E-state index in [-0.39, 0.29) is 5.60 Å². The van der Waals surface area contributed by atoms with Crippen molar-refractivity contribution in [2.45, 2.75) is 129 Å². The molecule has 180 valence electrons. The minimum absolute atomic E-state index is 0.138. The number of hydrogen-bond donors (Lipinski definition) is 0. The summed E-state index contributed by atoms with van der Waals surface area (Å²) < 4.78 is 13.9. The lowest BCUT2D eigenvalue weighted by atomic mass is 9.68. The van der Waals surface area contributed by atoms with Gasteiger partial charge in [-0.1, -0.05) is 65.0 Å². The quantitative estimate of drug-likeness (QED) is 0.188. The number of aryl methyl sites for hydroxylation is 1. The van der Waals surface area contributed by atoms with Crippen molar-refractivity contribution in [3.63, 3.8) is 0 Å². The summed E-state index contributed by atoms with van der Waals surface area (Å²) in [6.45, 7) is 16.2. The number of allylic oxidation sites excluding steroid dienone is 2. The van der Waals surface area contributed by atoms with Crippen LogP contribution in [0.25, 0.3) is 0 Å². The Hall–Kier alpha value is -1.22. The Morgan fingerprint density at radius 1 is 1.00 bits per heavy atom. The molecule has 2 nitrogen and oxygen atoms in total. The van der Waals surface area contributed by atoms with E-state index in [9.17, 15) is 0 Å². The Balaban J connectivity index is 2.03. The average molecular weight is 457 g/mol. The smallest absolute Gasteiger partial charge is 0.250 e. The molecule has 0 amide bonds. The molecule has 2 aliphatic rings. The zero-order valence-corrected chi connectivity index (χ0v) is 23.0. The van der Waals surface area contributed by atoms with Gasteiger partial charge < -0.3 is 9.16 Å². The highest BCUT2D eigenvalue weighted by Crippen LogP contribution is 2.54. The summed E-state index contributed by atoms with van der Waals surface area (Å²) in [6, 6.07) is 8.27. The molecule has 1 aliphatic heterocycles. The summed E-state index contributed by atoms with van der Waals surface area (Å²) in [5.41, 5.74) is 4.12. The fourth-order valence-electron chi connectivity index (χ4n) is 5.92.